The van der Waals surface area contributed by atoms with Gasteiger partial charge in [-0.3, -0.25) is 4.79 Å². The second kappa shape index (κ2) is 9.81. The third-order valence-corrected chi connectivity index (χ3v) is 7.27. The monoisotopic (exact) mass is 484 g/mol. The van der Waals surface area contributed by atoms with Crippen molar-refractivity contribution >= 4 is 29.3 Å². The Bertz CT molecular complexity index is 1130. The molecule has 0 spiro atoms. The number of nitrogens with zero attached hydrogens (tertiary/aromatic N) is 5. The van der Waals surface area contributed by atoms with Gasteiger partial charge in [0.05, 0.1) is 11.4 Å². The molecule has 1 aliphatic rings. The van der Waals surface area contributed by atoms with Crippen LogP contribution in [0.2, 0.25) is 5.02 Å². The fourth-order valence-electron chi connectivity index (χ4n) is 4.73. The highest BCUT2D eigenvalue weighted by atomic mass is 35.5. The second-order valence-electron chi connectivity index (χ2n) is 9.63. The molecule has 0 aliphatic heterocycles. The third-order valence-electron chi connectivity index (χ3n) is 5.98. The van der Waals surface area contributed by atoms with Crippen LogP contribution in [0, 0.1) is 18.3 Å². The van der Waals surface area contributed by atoms with Crippen molar-refractivity contribution in [3.63, 3.8) is 0 Å². The van der Waals surface area contributed by atoms with Gasteiger partial charge in [-0.15, -0.1) is 5.10 Å². The minimum Gasteiger partial charge on any atom is -0.348 e. The van der Waals surface area contributed by atoms with Crippen LogP contribution in [0.25, 0.3) is 5.69 Å². The molecule has 1 fully saturated rings. The van der Waals surface area contributed by atoms with Crippen molar-refractivity contribution in [1.29, 1.82) is 0 Å². The van der Waals surface area contributed by atoms with Crippen LogP contribution < -0.4 is 5.32 Å². The Morgan fingerprint density at radius 3 is 2.73 bits per heavy atom. The van der Waals surface area contributed by atoms with Gasteiger partial charge in [0.2, 0.25) is 0 Å². The maximum Gasteiger partial charge on any atom is 0.274 e. The molecule has 1 saturated carbocycles. The van der Waals surface area contributed by atoms with E-state index >= 15 is 0 Å². The van der Waals surface area contributed by atoms with E-state index in [0.29, 0.717) is 33.2 Å². The highest BCUT2D eigenvalue weighted by Gasteiger charge is 2.33. The summed E-state index contributed by atoms with van der Waals surface area (Å²) < 4.78 is 1.68. The van der Waals surface area contributed by atoms with E-state index in [1.807, 2.05) is 25.1 Å². The molecule has 1 aliphatic carbocycles. The molecule has 0 radical (unpaired) electrons. The van der Waals surface area contributed by atoms with Crippen LogP contribution in [0.1, 0.15) is 61.8 Å². The topological polar surface area (TPSA) is 85.6 Å². The largest absolute Gasteiger partial charge is 0.348 e. The average molecular weight is 485 g/mol. The summed E-state index contributed by atoms with van der Waals surface area (Å²) in [5, 5.41) is 13.1. The number of rotatable bonds is 6. The van der Waals surface area contributed by atoms with Crippen LogP contribution >= 0.6 is 23.4 Å². The SMILES string of the molecule is Cc1ccc(-n2nnc(C(=O)NC3CC(C)CC(C)(C)C3)c2CSc2ncccn2)cc1Cl. The van der Waals surface area contributed by atoms with E-state index in [1.165, 1.54) is 18.2 Å². The zero-order valence-electron chi connectivity index (χ0n) is 19.4. The first kappa shape index (κ1) is 23.7. The lowest BCUT2D eigenvalue weighted by molar-refractivity contribution is 0.0868. The van der Waals surface area contributed by atoms with Crippen LogP contribution in [-0.4, -0.2) is 36.9 Å². The van der Waals surface area contributed by atoms with E-state index in [2.05, 4.69) is 46.4 Å². The molecule has 7 nitrogen and oxygen atoms in total. The summed E-state index contributed by atoms with van der Waals surface area (Å²) in [7, 11) is 0. The Kier molecular flexibility index (Phi) is 7.05. The van der Waals surface area contributed by atoms with Crippen LogP contribution in [0.3, 0.4) is 0 Å². The fourth-order valence-corrected chi connectivity index (χ4v) is 5.70. The van der Waals surface area contributed by atoms with Gasteiger partial charge in [-0.2, -0.15) is 0 Å². The van der Waals surface area contributed by atoms with Crippen molar-refractivity contribution in [2.24, 2.45) is 11.3 Å². The van der Waals surface area contributed by atoms with Gasteiger partial charge in [0.1, 0.15) is 0 Å². The number of nitrogens with one attached hydrogen (secondary N) is 1. The summed E-state index contributed by atoms with van der Waals surface area (Å²) in [6.07, 6.45) is 6.49. The van der Waals surface area contributed by atoms with E-state index < -0.39 is 0 Å². The van der Waals surface area contributed by atoms with Crippen LogP contribution in [0.5, 0.6) is 0 Å². The Morgan fingerprint density at radius 1 is 1.27 bits per heavy atom. The van der Waals surface area contributed by atoms with Gasteiger partial charge in [-0.1, -0.05) is 55.4 Å². The normalized spacial score (nSPS) is 19.9. The van der Waals surface area contributed by atoms with Crippen molar-refractivity contribution < 1.29 is 4.79 Å². The van der Waals surface area contributed by atoms with Gasteiger partial charge in [-0.25, -0.2) is 14.6 Å². The minimum atomic E-state index is -0.195. The summed E-state index contributed by atoms with van der Waals surface area (Å²) in [6, 6.07) is 7.59. The number of benzene rings is 1. The van der Waals surface area contributed by atoms with Gasteiger partial charge in [0.25, 0.3) is 5.91 Å². The van der Waals surface area contributed by atoms with Gasteiger partial charge < -0.3 is 5.32 Å². The first-order valence-electron chi connectivity index (χ1n) is 11.1. The van der Waals surface area contributed by atoms with Crippen molar-refractivity contribution in [1.82, 2.24) is 30.3 Å². The minimum absolute atomic E-state index is 0.119. The van der Waals surface area contributed by atoms with Gasteiger partial charge in [-0.05, 0) is 61.3 Å². The predicted molar refractivity (Wildman–Crippen MR) is 131 cm³/mol. The molecule has 4 rings (SSSR count). The van der Waals surface area contributed by atoms with Crippen molar-refractivity contribution in [2.45, 2.75) is 63.9 Å². The van der Waals surface area contributed by atoms with E-state index in [9.17, 15) is 4.79 Å². The Balaban J connectivity index is 1.63. The zero-order valence-corrected chi connectivity index (χ0v) is 21.0. The summed E-state index contributed by atoms with van der Waals surface area (Å²) in [5.74, 6) is 0.811. The number of aromatic nitrogens is 5. The maximum atomic E-state index is 13.3. The van der Waals surface area contributed by atoms with Gasteiger partial charge in [0, 0.05) is 29.2 Å². The van der Waals surface area contributed by atoms with E-state index in [0.717, 1.165) is 24.1 Å². The molecule has 2 unspecified atom stereocenters. The summed E-state index contributed by atoms with van der Waals surface area (Å²) >= 11 is 7.80. The first-order valence-corrected chi connectivity index (χ1v) is 12.5. The molecule has 174 valence electrons. The number of hydrogen-bond acceptors (Lipinski definition) is 6. The van der Waals surface area contributed by atoms with Gasteiger partial charge in [0.15, 0.2) is 10.9 Å². The highest BCUT2D eigenvalue weighted by molar-refractivity contribution is 7.98. The number of aryl methyl sites for hydroxylation is 1. The lowest BCUT2D eigenvalue weighted by Crippen LogP contribution is -2.43. The molecule has 33 heavy (non-hydrogen) atoms. The molecule has 1 aromatic carbocycles. The molecule has 2 aromatic heterocycles. The van der Waals surface area contributed by atoms with Crippen molar-refractivity contribution in [2.75, 3.05) is 0 Å². The van der Waals surface area contributed by atoms with E-state index in [1.54, 1.807) is 23.1 Å². The fraction of sp³-hybridized carbons (Fsp3) is 0.458. The maximum absolute atomic E-state index is 13.3. The highest BCUT2D eigenvalue weighted by Crippen LogP contribution is 2.38. The molecule has 3 aromatic rings. The third kappa shape index (κ3) is 5.73. The molecular weight excluding hydrogens is 456 g/mol. The Morgan fingerprint density at radius 2 is 2.03 bits per heavy atom. The molecule has 9 heteroatoms. The number of thioether (sulfide) groups is 1. The summed E-state index contributed by atoms with van der Waals surface area (Å²) in [5.41, 5.74) is 2.95. The first-order chi connectivity index (χ1) is 15.7. The van der Waals surface area contributed by atoms with Gasteiger partial charge >= 0.3 is 0 Å². The molecule has 2 heterocycles. The molecule has 0 bridgehead atoms. The summed E-state index contributed by atoms with van der Waals surface area (Å²) in [6.45, 7) is 8.73. The molecule has 2 atom stereocenters. The molecule has 1 N–H and O–H groups in total. The average Bonchev–Trinajstić information content (AvgIpc) is 3.17. The number of hydrogen-bond donors (Lipinski definition) is 1. The Labute approximate surface area is 203 Å². The number of carbonyl (C=O) groups excluding carboxylic acids is 1. The molecule has 1 amide bonds. The lowest BCUT2D eigenvalue weighted by atomic mass is 9.70. The number of amides is 1. The van der Waals surface area contributed by atoms with Crippen LogP contribution in [-0.2, 0) is 5.75 Å². The number of halogens is 1. The number of carbonyl (C=O) groups is 1. The van der Waals surface area contributed by atoms with Crippen LogP contribution in [0.15, 0.2) is 41.8 Å². The lowest BCUT2D eigenvalue weighted by Gasteiger charge is -2.39. The zero-order chi connectivity index (χ0) is 23.6. The quantitative estimate of drug-likeness (QED) is 0.379. The predicted octanol–water partition coefficient (Wildman–Crippen LogP) is 5.26. The smallest absolute Gasteiger partial charge is 0.274 e. The molecule has 0 saturated heterocycles. The second-order valence-corrected chi connectivity index (χ2v) is 11.0. The van der Waals surface area contributed by atoms with Crippen molar-refractivity contribution in [3.8, 4) is 5.69 Å². The molecular formula is C24H29ClN6OS. The standard InChI is InChI=1S/C24H29ClN6OS/c1-15-10-17(13-24(3,4)12-15)28-22(32)21-20(14-33-23-26-8-5-9-27-23)31(30-29-21)18-7-6-16(2)19(25)11-18/h5-9,11,15,17H,10,12-14H2,1-4H3,(H,28,32). The Hall–Kier alpha value is -2.45. The van der Waals surface area contributed by atoms with E-state index in [-0.39, 0.29) is 17.4 Å². The van der Waals surface area contributed by atoms with Crippen molar-refractivity contribution in [3.05, 3.63) is 58.6 Å². The van der Waals surface area contributed by atoms with Crippen LogP contribution in [0.4, 0.5) is 0 Å². The van der Waals surface area contributed by atoms with E-state index in [4.69, 9.17) is 11.6 Å². The summed E-state index contributed by atoms with van der Waals surface area (Å²) in [4.78, 5) is 21.9.